The first-order valence-corrected chi connectivity index (χ1v) is 7.25. The van der Waals surface area contributed by atoms with E-state index in [1.807, 2.05) is 0 Å². The number of aliphatic carboxylic acids is 2. The molecule has 9 nitrogen and oxygen atoms in total. The first-order chi connectivity index (χ1) is 11.2. The summed E-state index contributed by atoms with van der Waals surface area (Å²) in [4.78, 5) is 51.7. The smallest absolute Gasteiger partial charge is 0.326 e. The molecule has 128 valence electrons. The summed E-state index contributed by atoms with van der Waals surface area (Å²) < 4.78 is 0. The first-order valence-electron chi connectivity index (χ1n) is 7.25. The van der Waals surface area contributed by atoms with Crippen LogP contribution in [0.15, 0.2) is 29.4 Å². The predicted octanol–water partition coefficient (Wildman–Crippen LogP) is -0.106. The highest BCUT2D eigenvalue weighted by Gasteiger charge is 2.46. The van der Waals surface area contributed by atoms with Crippen LogP contribution in [0.2, 0.25) is 0 Å². The first kappa shape index (κ1) is 17.4. The number of hydrogen-bond donors (Lipinski definition) is 3. The molecule has 0 radical (unpaired) electrons. The second-order valence-corrected chi connectivity index (χ2v) is 5.68. The average Bonchev–Trinajstić information content (AvgIpc) is 2.50. The van der Waals surface area contributed by atoms with Crippen molar-refractivity contribution in [3.63, 3.8) is 0 Å². The number of carbonyl (C=O) groups excluding carboxylic acids is 2. The lowest BCUT2D eigenvalue weighted by molar-refractivity contribution is -0.145. The second-order valence-electron chi connectivity index (χ2n) is 5.68. The van der Waals surface area contributed by atoms with E-state index in [1.54, 1.807) is 24.4 Å². The molecule has 0 bridgehead atoms. The fraction of sp³-hybridized carbons (Fsp3) is 0.400. The number of amides is 2. The summed E-state index contributed by atoms with van der Waals surface area (Å²) >= 11 is 0. The maximum absolute atomic E-state index is 12.7. The number of amidine groups is 1. The van der Waals surface area contributed by atoms with Crippen LogP contribution in [-0.4, -0.2) is 56.3 Å². The van der Waals surface area contributed by atoms with Crippen molar-refractivity contribution in [2.45, 2.75) is 37.8 Å². The van der Waals surface area contributed by atoms with Crippen LogP contribution < -0.4 is 5.32 Å². The van der Waals surface area contributed by atoms with Crippen LogP contribution >= 0.6 is 0 Å². The quantitative estimate of drug-likeness (QED) is 0.616. The molecular formula is C15H17N3O6. The number of nitrogens with one attached hydrogen (secondary N) is 1. The largest absolute Gasteiger partial charge is 0.481 e. The minimum absolute atomic E-state index is 0.216. The Balaban J connectivity index is 2.20. The van der Waals surface area contributed by atoms with Gasteiger partial charge in [-0.25, -0.2) is 4.79 Å². The third kappa shape index (κ3) is 3.50. The fourth-order valence-electron chi connectivity index (χ4n) is 2.52. The molecule has 0 aromatic rings. The van der Waals surface area contributed by atoms with Crippen molar-refractivity contribution in [1.82, 2.24) is 10.2 Å². The standard InChI is InChI=1S/C15H17N3O6/c1-15(8-11(19)17-10-4-2-3-7-18(10)15)14(24)16-9(13(22)23)5-6-12(20)21/h2-4,7,9H,5-6,8H2,1H3,(H,16,24)(H,20,21)(H,22,23)/t9-,15?/m0/s1. The molecule has 3 N–H and O–H groups in total. The zero-order valence-corrected chi connectivity index (χ0v) is 12.9. The molecule has 0 saturated heterocycles. The van der Waals surface area contributed by atoms with E-state index in [0.29, 0.717) is 5.84 Å². The van der Waals surface area contributed by atoms with E-state index < -0.39 is 41.8 Å². The molecule has 0 aromatic carbocycles. The van der Waals surface area contributed by atoms with Crippen LogP contribution in [0.25, 0.3) is 0 Å². The van der Waals surface area contributed by atoms with Gasteiger partial charge in [0.2, 0.25) is 5.91 Å². The summed E-state index contributed by atoms with van der Waals surface area (Å²) in [5.74, 6) is -3.37. The zero-order valence-electron chi connectivity index (χ0n) is 12.9. The van der Waals surface area contributed by atoms with E-state index in [4.69, 9.17) is 10.2 Å². The van der Waals surface area contributed by atoms with Gasteiger partial charge in [-0.1, -0.05) is 6.08 Å². The second kappa shape index (κ2) is 6.65. The highest BCUT2D eigenvalue weighted by atomic mass is 16.4. The van der Waals surface area contributed by atoms with Crippen molar-refractivity contribution in [3.8, 4) is 0 Å². The molecule has 0 saturated carbocycles. The minimum Gasteiger partial charge on any atom is -0.481 e. The molecule has 2 amide bonds. The Morgan fingerprint density at radius 1 is 1.38 bits per heavy atom. The molecular weight excluding hydrogens is 318 g/mol. The lowest BCUT2D eigenvalue weighted by Crippen LogP contribution is -2.62. The molecule has 1 unspecified atom stereocenters. The predicted molar refractivity (Wildman–Crippen MR) is 82.0 cm³/mol. The number of hydrogen-bond acceptors (Lipinski definition) is 5. The molecule has 2 atom stereocenters. The topological polar surface area (TPSA) is 136 Å². The minimum atomic E-state index is -1.35. The van der Waals surface area contributed by atoms with Gasteiger partial charge in [0, 0.05) is 12.6 Å². The van der Waals surface area contributed by atoms with Gasteiger partial charge in [-0.3, -0.25) is 14.4 Å². The van der Waals surface area contributed by atoms with Crippen molar-refractivity contribution < 1.29 is 29.4 Å². The van der Waals surface area contributed by atoms with Gasteiger partial charge in [0.05, 0.1) is 6.42 Å². The monoisotopic (exact) mass is 335 g/mol. The van der Waals surface area contributed by atoms with E-state index in [0.717, 1.165) is 0 Å². The Hall–Kier alpha value is -2.97. The van der Waals surface area contributed by atoms with Crippen LogP contribution in [0, 0.1) is 0 Å². The molecule has 0 aliphatic carbocycles. The van der Waals surface area contributed by atoms with Gasteiger partial charge in [0.25, 0.3) is 5.91 Å². The Morgan fingerprint density at radius 3 is 2.71 bits per heavy atom. The van der Waals surface area contributed by atoms with Crippen molar-refractivity contribution in [1.29, 1.82) is 0 Å². The Labute approximate surface area is 137 Å². The molecule has 9 heteroatoms. The maximum Gasteiger partial charge on any atom is 0.326 e. The van der Waals surface area contributed by atoms with Crippen molar-refractivity contribution in [2.75, 3.05) is 0 Å². The summed E-state index contributed by atoms with van der Waals surface area (Å²) in [5, 5.41) is 20.2. The van der Waals surface area contributed by atoms with Gasteiger partial charge in [-0.05, 0) is 25.5 Å². The van der Waals surface area contributed by atoms with Crippen LogP contribution in [0.5, 0.6) is 0 Å². The molecule has 24 heavy (non-hydrogen) atoms. The number of carboxylic acid groups (broad SMARTS) is 2. The highest BCUT2D eigenvalue weighted by molar-refractivity contribution is 6.09. The molecule has 0 spiro atoms. The number of carboxylic acids is 2. The summed E-state index contributed by atoms with van der Waals surface area (Å²) in [6.45, 7) is 1.51. The number of fused-ring (bicyclic) bond motifs is 1. The lowest BCUT2D eigenvalue weighted by Gasteiger charge is -2.42. The van der Waals surface area contributed by atoms with E-state index in [9.17, 15) is 19.2 Å². The van der Waals surface area contributed by atoms with Crippen LogP contribution in [0.3, 0.4) is 0 Å². The Morgan fingerprint density at radius 2 is 2.08 bits per heavy atom. The van der Waals surface area contributed by atoms with Crippen molar-refractivity contribution >= 4 is 29.6 Å². The van der Waals surface area contributed by atoms with E-state index in [2.05, 4.69) is 10.3 Å². The number of nitrogens with zero attached hydrogens (tertiary/aromatic N) is 2. The fourth-order valence-corrected chi connectivity index (χ4v) is 2.52. The third-order valence-electron chi connectivity index (χ3n) is 3.84. The number of carbonyl (C=O) groups is 4. The summed E-state index contributed by atoms with van der Waals surface area (Å²) in [5.41, 5.74) is -1.34. The highest BCUT2D eigenvalue weighted by Crippen LogP contribution is 2.28. The summed E-state index contributed by atoms with van der Waals surface area (Å²) in [7, 11) is 0. The summed E-state index contributed by atoms with van der Waals surface area (Å²) in [6, 6.07) is -1.35. The lowest BCUT2D eigenvalue weighted by atomic mass is 9.90. The zero-order chi connectivity index (χ0) is 17.9. The molecule has 2 aliphatic heterocycles. The number of allylic oxidation sites excluding steroid dienone is 2. The summed E-state index contributed by atoms with van der Waals surface area (Å²) in [6.07, 6.45) is 5.62. The van der Waals surface area contributed by atoms with Crippen LogP contribution in [0.4, 0.5) is 0 Å². The van der Waals surface area contributed by atoms with Gasteiger partial charge in [0.1, 0.15) is 17.4 Å². The van der Waals surface area contributed by atoms with E-state index in [1.165, 1.54) is 11.8 Å². The molecule has 2 rings (SSSR count). The third-order valence-corrected chi connectivity index (χ3v) is 3.84. The van der Waals surface area contributed by atoms with Crippen molar-refractivity contribution in [3.05, 3.63) is 24.4 Å². The maximum atomic E-state index is 12.7. The van der Waals surface area contributed by atoms with Crippen molar-refractivity contribution in [2.24, 2.45) is 4.99 Å². The number of rotatable bonds is 6. The van der Waals surface area contributed by atoms with E-state index >= 15 is 0 Å². The van der Waals surface area contributed by atoms with Gasteiger partial charge < -0.3 is 20.4 Å². The normalized spacial score (nSPS) is 23.3. The van der Waals surface area contributed by atoms with Gasteiger partial charge in [-0.15, -0.1) is 0 Å². The van der Waals surface area contributed by atoms with E-state index in [-0.39, 0.29) is 12.8 Å². The van der Waals surface area contributed by atoms with Gasteiger partial charge >= 0.3 is 11.9 Å². The molecule has 2 aliphatic rings. The van der Waals surface area contributed by atoms with Gasteiger partial charge in [0.15, 0.2) is 0 Å². The number of aliphatic imine (C=N–C) groups is 1. The molecule has 0 aromatic heterocycles. The Bertz CT molecular complexity index is 681. The average molecular weight is 335 g/mol. The van der Waals surface area contributed by atoms with Crippen LogP contribution in [0.1, 0.15) is 26.2 Å². The SMILES string of the molecule is CC1(C(=O)N[C@@H](CCC(=O)O)C(=O)O)CC(=O)N=C2C=CC=CN21. The Kier molecular flexibility index (Phi) is 4.82. The van der Waals surface area contributed by atoms with Crippen LogP contribution in [-0.2, 0) is 19.2 Å². The molecule has 0 fully saturated rings. The van der Waals surface area contributed by atoms with Gasteiger partial charge in [-0.2, -0.15) is 4.99 Å². The molecule has 2 heterocycles.